The van der Waals surface area contributed by atoms with E-state index in [9.17, 15) is 9.90 Å². The molecular formula is C16H18N4O3. The van der Waals surface area contributed by atoms with Crippen LogP contribution in [0.15, 0.2) is 36.5 Å². The van der Waals surface area contributed by atoms with Crippen molar-refractivity contribution in [2.45, 2.75) is 13.0 Å². The van der Waals surface area contributed by atoms with Crippen molar-refractivity contribution in [3.8, 4) is 5.75 Å². The fourth-order valence-corrected chi connectivity index (χ4v) is 2.60. The summed E-state index contributed by atoms with van der Waals surface area (Å²) in [5.41, 5.74) is 2.09. The van der Waals surface area contributed by atoms with Crippen LogP contribution in [0.3, 0.4) is 0 Å². The van der Waals surface area contributed by atoms with Crippen molar-refractivity contribution < 1.29 is 14.6 Å². The highest BCUT2D eigenvalue weighted by Crippen LogP contribution is 2.35. The zero-order valence-electron chi connectivity index (χ0n) is 12.7. The number of rotatable bonds is 3. The van der Waals surface area contributed by atoms with Crippen LogP contribution >= 0.6 is 0 Å². The van der Waals surface area contributed by atoms with Gasteiger partial charge in [0, 0.05) is 11.5 Å². The summed E-state index contributed by atoms with van der Waals surface area (Å²) in [6, 6.07) is 8.51. The minimum absolute atomic E-state index is 0.0743. The highest BCUT2D eigenvalue weighted by molar-refractivity contribution is 5.90. The quantitative estimate of drug-likeness (QED) is 0.800. The molecule has 0 bridgehead atoms. The second kappa shape index (κ2) is 6.62. The molecule has 1 aromatic heterocycles. The molecule has 0 radical (unpaired) electrons. The lowest BCUT2D eigenvalue weighted by molar-refractivity contribution is 0.114. The number of nitrogens with one attached hydrogen (secondary N) is 2. The Morgan fingerprint density at radius 1 is 1.39 bits per heavy atom. The number of aliphatic hydroxyl groups is 1. The zero-order valence-corrected chi connectivity index (χ0v) is 12.7. The normalized spacial score (nSPS) is 19.4. The topological polar surface area (TPSA) is 96.4 Å². The smallest absolute Gasteiger partial charge is 0.319 e. The van der Waals surface area contributed by atoms with E-state index in [2.05, 4.69) is 20.8 Å². The van der Waals surface area contributed by atoms with Crippen LogP contribution in [0.1, 0.15) is 17.3 Å². The molecule has 3 rings (SSSR count). The van der Waals surface area contributed by atoms with Gasteiger partial charge in [0.1, 0.15) is 5.75 Å². The van der Waals surface area contributed by atoms with E-state index in [-0.39, 0.29) is 24.6 Å². The number of fused-ring (bicyclic) bond motifs is 1. The molecular weight excluding hydrogens is 296 g/mol. The second-order valence-electron chi connectivity index (χ2n) is 5.40. The van der Waals surface area contributed by atoms with Gasteiger partial charge in [-0.15, -0.1) is 0 Å². The van der Waals surface area contributed by atoms with Crippen LogP contribution in [0, 0.1) is 12.8 Å². The molecule has 0 spiro atoms. The first-order chi connectivity index (χ1) is 11.2. The lowest BCUT2D eigenvalue weighted by Gasteiger charge is -2.33. The summed E-state index contributed by atoms with van der Waals surface area (Å²) < 4.78 is 5.63. The fraction of sp³-hybridized carbons (Fsp3) is 0.312. The molecule has 0 saturated carbocycles. The second-order valence-corrected chi connectivity index (χ2v) is 5.40. The van der Waals surface area contributed by atoms with Crippen LogP contribution in [0.4, 0.5) is 10.5 Å². The number of carbonyl (C=O) groups excluding carboxylic acids is 1. The number of benzene rings is 1. The molecule has 0 unspecified atom stereocenters. The summed E-state index contributed by atoms with van der Waals surface area (Å²) in [7, 11) is 0. The molecule has 2 heterocycles. The minimum atomic E-state index is -0.360. The molecule has 0 aliphatic carbocycles. The number of aromatic nitrogens is 2. The Kier molecular flexibility index (Phi) is 4.38. The third kappa shape index (κ3) is 3.24. The number of amides is 2. The van der Waals surface area contributed by atoms with Crippen LogP contribution in [0.25, 0.3) is 0 Å². The number of anilines is 1. The van der Waals surface area contributed by atoms with E-state index < -0.39 is 0 Å². The van der Waals surface area contributed by atoms with Gasteiger partial charge in [-0.3, -0.25) is 0 Å². The number of hydrogen-bond acceptors (Lipinski definition) is 5. The Morgan fingerprint density at radius 2 is 2.22 bits per heavy atom. The summed E-state index contributed by atoms with van der Waals surface area (Å²) in [5.74, 6) is 0.525. The van der Waals surface area contributed by atoms with Crippen LogP contribution in [0.5, 0.6) is 5.75 Å². The molecule has 1 aliphatic rings. The molecule has 7 nitrogen and oxygen atoms in total. The van der Waals surface area contributed by atoms with Gasteiger partial charge in [0.25, 0.3) is 0 Å². The molecule has 0 fully saturated rings. The average Bonchev–Trinajstić information content (AvgIpc) is 2.57. The first-order valence-corrected chi connectivity index (χ1v) is 7.37. The lowest BCUT2D eigenvalue weighted by atomic mass is 9.91. The van der Waals surface area contributed by atoms with E-state index >= 15 is 0 Å². The first kappa shape index (κ1) is 15.2. The van der Waals surface area contributed by atoms with Gasteiger partial charge in [0.15, 0.2) is 0 Å². The number of para-hydroxylation sites is 1. The molecule has 120 valence electrons. The lowest BCUT2D eigenvalue weighted by Crippen LogP contribution is -2.42. The Hall–Kier alpha value is -2.67. The maximum Gasteiger partial charge on any atom is 0.319 e. The van der Waals surface area contributed by atoms with Crippen molar-refractivity contribution in [2.24, 2.45) is 5.92 Å². The number of aliphatic hydroxyl groups excluding tert-OH is 1. The summed E-state index contributed by atoms with van der Waals surface area (Å²) >= 11 is 0. The van der Waals surface area contributed by atoms with Crippen molar-refractivity contribution in [3.05, 3.63) is 47.8 Å². The van der Waals surface area contributed by atoms with Crippen LogP contribution in [-0.2, 0) is 0 Å². The summed E-state index contributed by atoms with van der Waals surface area (Å²) in [6.45, 7) is 2.05. The van der Waals surface area contributed by atoms with E-state index in [4.69, 9.17) is 4.74 Å². The van der Waals surface area contributed by atoms with E-state index in [1.54, 1.807) is 13.0 Å². The Labute approximate surface area is 133 Å². The molecule has 23 heavy (non-hydrogen) atoms. The van der Waals surface area contributed by atoms with Gasteiger partial charge < -0.3 is 20.5 Å². The number of ether oxygens (including phenoxy) is 1. The van der Waals surface area contributed by atoms with Gasteiger partial charge in [0.05, 0.1) is 36.8 Å². The highest BCUT2D eigenvalue weighted by Gasteiger charge is 2.31. The van der Waals surface area contributed by atoms with Gasteiger partial charge >= 0.3 is 6.03 Å². The largest absolute Gasteiger partial charge is 0.493 e. The molecule has 3 N–H and O–H groups in total. The molecule has 2 amide bonds. The fourth-order valence-electron chi connectivity index (χ4n) is 2.60. The van der Waals surface area contributed by atoms with E-state index in [0.717, 1.165) is 11.3 Å². The standard InChI is InChI=1S/C16H18N4O3/c1-10-13(6-7-17-20-10)18-16(22)19-15-11(8-21)9-23-14-5-3-2-4-12(14)15/h2-7,11,15,21H,8-9H2,1H3,(H2,17,18,19,22)/t11-,15-/m1/s1. The molecule has 2 aromatic rings. The van der Waals surface area contributed by atoms with Crippen molar-refractivity contribution in [1.82, 2.24) is 15.5 Å². The number of carbonyl (C=O) groups is 1. The van der Waals surface area contributed by atoms with E-state index in [1.807, 2.05) is 24.3 Å². The van der Waals surface area contributed by atoms with Gasteiger partial charge in [-0.2, -0.15) is 10.2 Å². The van der Waals surface area contributed by atoms with Crippen molar-refractivity contribution in [1.29, 1.82) is 0 Å². The molecule has 0 saturated heterocycles. The van der Waals surface area contributed by atoms with Crippen molar-refractivity contribution >= 4 is 11.7 Å². The predicted molar refractivity (Wildman–Crippen MR) is 84.2 cm³/mol. The molecule has 2 atom stereocenters. The Bertz CT molecular complexity index is 707. The van der Waals surface area contributed by atoms with Gasteiger partial charge in [-0.25, -0.2) is 4.79 Å². The zero-order chi connectivity index (χ0) is 16.2. The molecule has 1 aromatic carbocycles. The highest BCUT2D eigenvalue weighted by atomic mass is 16.5. The minimum Gasteiger partial charge on any atom is -0.493 e. The Morgan fingerprint density at radius 3 is 3.00 bits per heavy atom. The third-order valence-corrected chi connectivity index (χ3v) is 3.85. The molecule has 7 heteroatoms. The number of nitrogens with zero attached hydrogens (tertiary/aromatic N) is 2. The number of urea groups is 1. The molecule has 1 aliphatic heterocycles. The SMILES string of the molecule is Cc1nnccc1NC(=O)N[C@H]1c2ccccc2OC[C@H]1CO. The van der Waals surface area contributed by atoms with Gasteiger partial charge in [0.2, 0.25) is 0 Å². The van der Waals surface area contributed by atoms with Crippen LogP contribution in [0.2, 0.25) is 0 Å². The van der Waals surface area contributed by atoms with Gasteiger partial charge in [-0.1, -0.05) is 18.2 Å². The van der Waals surface area contributed by atoms with Gasteiger partial charge in [-0.05, 0) is 19.1 Å². The predicted octanol–water partition coefficient (Wildman–Crippen LogP) is 1.65. The number of aryl methyl sites for hydroxylation is 1. The van der Waals surface area contributed by atoms with Crippen molar-refractivity contribution in [3.63, 3.8) is 0 Å². The first-order valence-electron chi connectivity index (χ1n) is 7.37. The maximum atomic E-state index is 12.3. The maximum absolute atomic E-state index is 12.3. The van der Waals surface area contributed by atoms with Crippen LogP contribution in [-0.4, -0.2) is 34.5 Å². The monoisotopic (exact) mass is 314 g/mol. The number of hydrogen-bond donors (Lipinski definition) is 3. The van der Waals surface area contributed by atoms with E-state index in [0.29, 0.717) is 18.0 Å². The Balaban J connectivity index is 1.77. The summed E-state index contributed by atoms with van der Waals surface area (Å²) in [4.78, 5) is 12.3. The average molecular weight is 314 g/mol. The van der Waals surface area contributed by atoms with Crippen LogP contribution < -0.4 is 15.4 Å². The third-order valence-electron chi connectivity index (χ3n) is 3.85. The van der Waals surface area contributed by atoms with E-state index in [1.165, 1.54) is 6.20 Å². The summed E-state index contributed by atoms with van der Waals surface area (Å²) in [6.07, 6.45) is 1.52. The van der Waals surface area contributed by atoms with Crippen molar-refractivity contribution in [2.75, 3.05) is 18.5 Å². The summed E-state index contributed by atoms with van der Waals surface area (Å²) in [5, 5.41) is 22.9.